The van der Waals surface area contributed by atoms with Crippen LogP contribution in [0.2, 0.25) is 15.1 Å². The molecular weight excluding hydrogens is 497 g/mol. The second-order valence-electron chi connectivity index (χ2n) is 7.48. The highest BCUT2D eigenvalue weighted by atomic mass is 35.5. The van der Waals surface area contributed by atoms with Gasteiger partial charge in [0.1, 0.15) is 18.1 Å². The Morgan fingerprint density at radius 2 is 1.82 bits per heavy atom. The third-order valence-corrected chi connectivity index (χ3v) is 5.98. The summed E-state index contributed by atoms with van der Waals surface area (Å²) in [6, 6.07) is 15.5. The molecule has 0 unspecified atom stereocenters. The smallest absolute Gasteiger partial charge is 0.271 e. The van der Waals surface area contributed by atoms with Gasteiger partial charge in [-0.2, -0.15) is 5.10 Å². The third-order valence-electron chi connectivity index (χ3n) is 4.94. The fraction of sp³-hybridized carbons (Fsp3) is 0.200. The van der Waals surface area contributed by atoms with E-state index in [1.165, 1.54) is 18.2 Å². The van der Waals surface area contributed by atoms with Crippen LogP contribution in [0.15, 0.2) is 59.7 Å². The average molecular weight is 521 g/mol. The van der Waals surface area contributed by atoms with Crippen LogP contribution in [-0.2, 0) is 6.42 Å². The molecule has 6 nitrogen and oxygen atoms in total. The normalized spacial score (nSPS) is 11.1. The maximum Gasteiger partial charge on any atom is 0.271 e. The molecular formula is C25H24Cl3N3O3. The summed E-state index contributed by atoms with van der Waals surface area (Å²) >= 11 is 17.8. The van der Waals surface area contributed by atoms with Crippen molar-refractivity contribution < 1.29 is 14.6 Å². The van der Waals surface area contributed by atoms with Crippen LogP contribution in [0.25, 0.3) is 0 Å². The highest BCUT2D eigenvalue weighted by molar-refractivity contribution is 6.42. The fourth-order valence-corrected chi connectivity index (χ4v) is 3.55. The van der Waals surface area contributed by atoms with Crippen molar-refractivity contribution in [2.24, 2.45) is 5.10 Å². The average Bonchev–Trinajstić information content (AvgIpc) is 2.81. The van der Waals surface area contributed by atoms with E-state index in [9.17, 15) is 9.90 Å². The summed E-state index contributed by atoms with van der Waals surface area (Å²) < 4.78 is 5.80. The molecule has 0 aliphatic carbocycles. The first-order valence-electron chi connectivity index (χ1n) is 10.5. The van der Waals surface area contributed by atoms with E-state index in [-0.39, 0.29) is 10.8 Å². The summed E-state index contributed by atoms with van der Waals surface area (Å²) in [6.07, 6.45) is 2.41. The molecule has 0 radical (unpaired) electrons. The largest absolute Gasteiger partial charge is 0.506 e. The summed E-state index contributed by atoms with van der Waals surface area (Å²) in [5, 5.41) is 18.0. The van der Waals surface area contributed by atoms with Gasteiger partial charge in [-0.25, -0.2) is 5.43 Å². The minimum absolute atomic E-state index is 0.0845. The van der Waals surface area contributed by atoms with E-state index in [1.54, 1.807) is 12.3 Å². The monoisotopic (exact) mass is 519 g/mol. The van der Waals surface area contributed by atoms with E-state index in [2.05, 4.69) is 15.8 Å². The Morgan fingerprint density at radius 3 is 2.56 bits per heavy atom. The van der Waals surface area contributed by atoms with E-state index < -0.39 is 5.91 Å². The van der Waals surface area contributed by atoms with Gasteiger partial charge in [0.05, 0.1) is 21.3 Å². The molecule has 3 aromatic rings. The highest BCUT2D eigenvalue weighted by Crippen LogP contribution is 2.24. The van der Waals surface area contributed by atoms with Gasteiger partial charge in [0.15, 0.2) is 0 Å². The number of amides is 1. The number of halogens is 3. The number of nitrogens with one attached hydrogen (secondary N) is 2. The topological polar surface area (TPSA) is 83.0 Å². The van der Waals surface area contributed by atoms with Crippen molar-refractivity contribution in [2.75, 3.05) is 19.7 Å². The number of ether oxygens (including phenoxy) is 1. The number of hydrogen-bond acceptors (Lipinski definition) is 5. The lowest BCUT2D eigenvalue weighted by Crippen LogP contribution is -2.23. The standard InChI is InChI=1S/C25H24Cl3N3O3/c1-16-12-20(34-11-10-29-9-8-17-2-6-21(26)22(27)13-17)5-3-19(16)15-30-31-25(33)18-4-7-24(32)23(28)14-18/h2-7,12-15,29,32H,8-11H2,1H3,(H,31,33)/b30-15-. The maximum atomic E-state index is 12.1. The van der Waals surface area contributed by atoms with Gasteiger partial charge in [0, 0.05) is 12.1 Å². The van der Waals surface area contributed by atoms with Crippen LogP contribution in [0.3, 0.4) is 0 Å². The first kappa shape index (κ1) is 25.8. The Kier molecular flexibility index (Phi) is 9.60. The highest BCUT2D eigenvalue weighted by Gasteiger charge is 2.07. The van der Waals surface area contributed by atoms with Gasteiger partial charge < -0.3 is 15.2 Å². The number of hydrazone groups is 1. The number of phenolic OH excluding ortho intramolecular Hbond substituents is 1. The molecule has 0 aromatic heterocycles. The van der Waals surface area contributed by atoms with Crippen LogP contribution in [0.1, 0.15) is 27.0 Å². The van der Waals surface area contributed by atoms with Gasteiger partial charge >= 0.3 is 0 Å². The van der Waals surface area contributed by atoms with Gasteiger partial charge in [-0.15, -0.1) is 0 Å². The number of benzene rings is 3. The Hall–Kier alpha value is -2.77. The van der Waals surface area contributed by atoms with Crippen molar-refractivity contribution in [3.63, 3.8) is 0 Å². The van der Waals surface area contributed by atoms with Crippen molar-refractivity contribution >= 4 is 46.9 Å². The van der Waals surface area contributed by atoms with Crippen molar-refractivity contribution in [3.8, 4) is 11.5 Å². The molecule has 0 bridgehead atoms. The Labute approximate surface area is 213 Å². The molecule has 0 fully saturated rings. The molecule has 0 atom stereocenters. The number of aryl methyl sites for hydroxylation is 1. The molecule has 3 rings (SSSR count). The Morgan fingerprint density at radius 1 is 1.00 bits per heavy atom. The van der Waals surface area contributed by atoms with Crippen molar-refractivity contribution in [1.82, 2.24) is 10.7 Å². The molecule has 0 heterocycles. The number of nitrogens with zero attached hydrogens (tertiary/aromatic N) is 1. The molecule has 0 spiro atoms. The quantitative estimate of drug-likeness (QED) is 0.184. The van der Waals surface area contributed by atoms with Crippen LogP contribution < -0.4 is 15.5 Å². The predicted octanol–water partition coefficient (Wildman–Crippen LogP) is 5.64. The summed E-state index contributed by atoms with van der Waals surface area (Å²) in [6.45, 7) is 3.97. The van der Waals surface area contributed by atoms with Crippen LogP contribution in [0.4, 0.5) is 0 Å². The van der Waals surface area contributed by atoms with Crippen molar-refractivity contribution in [1.29, 1.82) is 0 Å². The summed E-state index contributed by atoms with van der Waals surface area (Å²) in [5.74, 6) is 0.241. The summed E-state index contributed by atoms with van der Waals surface area (Å²) in [5.41, 5.74) is 5.66. The van der Waals surface area contributed by atoms with E-state index in [0.717, 1.165) is 35.4 Å². The first-order valence-corrected chi connectivity index (χ1v) is 11.7. The van der Waals surface area contributed by atoms with Crippen LogP contribution in [0, 0.1) is 6.92 Å². The number of hydrogen-bond donors (Lipinski definition) is 3. The SMILES string of the molecule is Cc1cc(OCCNCCc2ccc(Cl)c(Cl)c2)ccc1/C=N\NC(=O)c1ccc(O)c(Cl)c1. The molecule has 0 aliphatic heterocycles. The molecule has 0 saturated heterocycles. The number of rotatable bonds is 10. The van der Waals surface area contributed by atoms with Crippen LogP contribution >= 0.6 is 34.8 Å². The van der Waals surface area contributed by atoms with Crippen LogP contribution in [-0.4, -0.2) is 36.9 Å². The lowest BCUT2D eigenvalue weighted by atomic mass is 10.1. The minimum Gasteiger partial charge on any atom is -0.506 e. The van der Waals surface area contributed by atoms with Crippen molar-refractivity contribution in [2.45, 2.75) is 13.3 Å². The maximum absolute atomic E-state index is 12.1. The molecule has 34 heavy (non-hydrogen) atoms. The van der Waals surface area contributed by atoms with E-state index in [4.69, 9.17) is 39.5 Å². The van der Waals surface area contributed by atoms with Crippen molar-refractivity contribution in [3.05, 3.63) is 91.9 Å². The predicted molar refractivity (Wildman–Crippen MR) is 138 cm³/mol. The number of carbonyl (C=O) groups is 1. The molecule has 3 N–H and O–H groups in total. The summed E-state index contributed by atoms with van der Waals surface area (Å²) in [7, 11) is 0. The Balaban J connectivity index is 1.40. The molecule has 3 aromatic carbocycles. The molecule has 1 amide bonds. The second kappa shape index (κ2) is 12.6. The number of carbonyl (C=O) groups excluding carboxylic acids is 1. The molecule has 0 aliphatic rings. The first-order chi connectivity index (χ1) is 16.3. The van der Waals surface area contributed by atoms with Gasteiger partial charge in [-0.3, -0.25) is 4.79 Å². The van der Waals surface area contributed by atoms with Gasteiger partial charge in [0.25, 0.3) is 5.91 Å². The lowest BCUT2D eigenvalue weighted by Gasteiger charge is -2.10. The number of phenols is 1. The molecule has 178 valence electrons. The van der Waals surface area contributed by atoms with Gasteiger partial charge in [-0.05, 0) is 85.1 Å². The second-order valence-corrected chi connectivity index (χ2v) is 8.70. The van der Waals surface area contributed by atoms with E-state index in [1.807, 2.05) is 37.3 Å². The third kappa shape index (κ3) is 7.64. The Bertz CT molecular complexity index is 1190. The fourth-order valence-electron chi connectivity index (χ4n) is 3.05. The number of aromatic hydroxyl groups is 1. The molecule has 0 saturated carbocycles. The van der Waals surface area contributed by atoms with Gasteiger partial charge in [0.2, 0.25) is 0 Å². The lowest BCUT2D eigenvalue weighted by molar-refractivity contribution is 0.0955. The molecule has 9 heteroatoms. The zero-order valence-electron chi connectivity index (χ0n) is 18.4. The van der Waals surface area contributed by atoms with Crippen LogP contribution in [0.5, 0.6) is 11.5 Å². The zero-order chi connectivity index (χ0) is 24.5. The van der Waals surface area contributed by atoms with E-state index in [0.29, 0.717) is 28.8 Å². The van der Waals surface area contributed by atoms with E-state index >= 15 is 0 Å². The van der Waals surface area contributed by atoms with Gasteiger partial charge in [-0.1, -0.05) is 40.9 Å². The summed E-state index contributed by atoms with van der Waals surface area (Å²) in [4.78, 5) is 12.1. The zero-order valence-corrected chi connectivity index (χ0v) is 20.7. The minimum atomic E-state index is -0.428.